The van der Waals surface area contributed by atoms with Crippen molar-refractivity contribution in [1.82, 2.24) is 15.0 Å². The third-order valence-corrected chi connectivity index (χ3v) is 5.23. The summed E-state index contributed by atoms with van der Waals surface area (Å²) in [5, 5.41) is 0. The summed E-state index contributed by atoms with van der Waals surface area (Å²) in [6.45, 7) is 2.09. The topological polar surface area (TPSA) is 38.7 Å². The molecular weight excluding hydrogens is 378 g/mol. The Bertz CT molecular complexity index is 1190. The molecule has 3 heteroatoms. The average molecular weight is 399 g/mol. The maximum Gasteiger partial charge on any atom is 0.0727 e. The van der Waals surface area contributed by atoms with Crippen LogP contribution in [-0.4, -0.2) is 15.0 Å². The lowest BCUT2D eigenvalue weighted by Crippen LogP contribution is -1.93. The van der Waals surface area contributed by atoms with Crippen molar-refractivity contribution in [2.24, 2.45) is 0 Å². The Morgan fingerprint density at radius 1 is 0.452 bits per heavy atom. The lowest BCUT2D eigenvalue weighted by atomic mass is 10.1. The van der Waals surface area contributed by atoms with Crippen molar-refractivity contribution in [3.63, 3.8) is 0 Å². The maximum atomic E-state index is 4.90. The van der Waals surface area contributed by atoms with Gasteiger partial charge in [-0.25, -0.2) is 4.98 Å². The molecule has 0 atom stereocenters. The summed E-state index contributed by atoms with van der Waals surface area (Å²) < 4.78 is 0. The highest BCUT2D eigenvalue weighted by Crippen LogP contribution is 2.27. The number of nitrogens with zero attached hydrogens (tertiary/aromatic N) is 3. The highest BCUT2D eigenvalue weighted by atomic mass is 14.7. The molecule has 0 bridgehead atoms. The summed E-state index contributed by atoms with van der Waals surface area (Å²) in [4.78, 5) is 14.2. The zero-order valence-electron chi connectivity index (χ0n) is 17.2. The maximum absolute atomic E-state index is 4.90. The predicted octanol–water partition coefficient (Wildman–Crippen LogP) is 6.85. The van der Waals surface area contributed by atoms with Crippen LogP contribution >= 0.6 is 0 Å². The van der Waals surface area contributed by atoms with E-state index >= 15 is 0 Å². The van der Waals surface area contributed by atoms with Crippen molar-refractivity contribution in [2.75, 3.05) is 0 Å². The van der Waals surface area contributed by atoms with E-state index in [1.54, 1.807) is 0 Å². The smallest absolute Gasteiger partial charge is 0.0727 e. The number of benzene rings is 2. The molecule has 31 heavy (non-hydrogen) atoms. The molecule has 3 nitrogen and oxygen atoms in total. The fourth-order valence-electron chi connectivity index (χ4n) is 3.61. The van der Waals surface area contributed by atoms with Gasteiger partial charge < -0.3 is 0 Å². The van der Waals surface area contributed by atoms with Gasteiger partial charge in [0.2, 0.25) is 0 Å². The van der Waals surface area contributed by atoms with Gasteiger partial charge in [-0.05, 0) is 48.9 Å². The van der Waals surface area contributed by atoms with Crippen molar-refractivity contribution in [1.29, 1.82) is 0 Å². The van der Waals surface area contributed by atoms with E-state index in [0.717, 1.165) is 50.6 Å². The lowest BCUT2D eigenvalue weighted by molar-refractivity contribution is 1.24. The summed E-state index contributed by atoms with van der Waals surface area (Å²) in [5.41, 5.74) is 9.10. The van der Waals surface area contributed by atoms with Crippen molar-refractivity contribution in [2.45, 2.75) is 6.92 Å². The van der Waals surface area contributed by atoms with E-state index in [1.807, 2.05) is 60.9 Å². The van der Waals surface area contributed by atoms with Gasteiger partial charge in [-0.3, -0.25) is 9.97 Å². The van der Waals surface area contributed by atoms with E-state index in [1.165, 1.54) is 0 Å². The van der Waals surface area contributed by atoms with Crippen LogP contribution in [0.15, 0.2) is 109 Å². The number of rotatable bonds is 4. The molecule has 0 aliphatic heterocycles. The van der Waals surface area contributed by atoms with Gasteiger partial charge in [0, 0.05) is 34.6 Å². The van der Waals surface area contributed by atoms with Crippen LogP contribution in [0.1, 0.15) is 5.56 Å². The minimum Gasteiger partial charge on any atom is -0.256 e. The van der Waals surface area contributed by atoms with E-state index in [9.17, 15) is 0 Å². The lowest BCUT2D eigenvalue weighted by Gasteiger charge is -2.09. The predicted molar refractivity (Wildman–Crippen MR) is 126 cm³/mol. The molecular formula is C28H21N3. The standard InChI is InChI=1S/C28H21N3/c1-20-16-27(23-12-14-25(29-18-23)21-8-4-2-5-9-21)31-28(17-20)24-13-15-26(30-19-24)22-10-6-3-7-11-22/h2-19H,1H3. The number of aromatic nitrogens is 3. The van der Waals surface area contributed by atoms with Crippen molar-refractivity contribution < 1.29 is 0 Å². The molecule has 0 saturated heterocycles. The number of pyridine rings is 3. The third-order valence-electron chi connectivity index (χ3n) is 5.23. The molecule has 0 fully saturated rings. The second kappa shape index (κ2) is 8.33. The van der Waals surface area contributed by atoms with E-state index < -0.39 is 0 Å². The van der Waals surface area contributed by atoms with Gasteiger partial charge in [-0.15, -0.1) is 0 Å². The summed E-state index contributed by atoms with van der Waals surface area (Å²) >= 11 is 0. The van der Waals surface area contributed by atoms with E-state index in [-0.39, 0.29) is 0 Å². The Balaban J connectivity index is 1.45. The first kappa shape index (κ1) is 18.9. The van der Waals surface area contributed by atoms with Gasteiger partial charge in [-0.2, -0.15) is 0 Å². The molecule has 0 aliphatic carbocycles. The molecule has 0 amide bonds. The molecule has 3 aromatic heterocycles. The quantitative estimate of drug-likeness (QED) is 0.332. The molecule has 0 N–H and O–H groups in total. The minimum atomic E-state index is 0.911. The van der Waals surface area contributed by atoms with E-state index in [2.05, 4.69) is 65.4 Å². The van der Waals surface area contributed by atoms with Gasteiger partial charge >= 0.3 is 0 Å². The monoisotopic (exact) mass is 399 g/mol. The highest BCUT2D eigenvalue weighted by Gasteiger charge is 2.08. The summed E-state index contributed by atoms with van der Waals surface area (Å²) in [6.07, 6.45) is 3.79. The molecule has 0 unspecified atom stereocenters. The number of hydrogen-bond donors (Lipinski definition) is 0. The first-order valence-electron chi connectivity index (χ1n) is 10.3. The molecule has 2 aromatic carbocycles. The Kier molecular flexibility index (Phi) is 5.07. The molecule has 0 radical (unpaired) electrons. The molecule has 0 spiro atoms. The van der Waals surface area contributed by atoms with Gasteiger partial charge in [-0.1, -0.05) is 60.7 Å². The average Bonchev–Trinajstić information content (AvgIpc) is 2.85. The van der Waals surface area contributed by atoms with Crippen LogP contribution in [0.5, 0.6) is 0 Å². The second-order valence-electron chi connectivity index (χ2n) is 7.51. The van der Waals surface area contributed by atoms with E-state index in [0.29, 0.717) is 0 Å². The molecule has 148 valence electrons. The first-order chi connectivity index (χ1) is 15.3. The highest BCUT2D eigenvalue weighted by molar-refractivity contribution is 5.70. The molecule has 3 heterocycles. The first-order valence-corrected chi connectivity index (χ1v) is 10.3. The molecule has 0 saturated carbocycles. The van der Waals surface area contributed by atoms with Crippen LogP contribution in [0, 0.1) is 6.92 Å². The number of aryl methyl sites for hydroxylation is 1. The fraction of sp³-hybridized carbons (Fsp3) is 0.0357. The number of hydrogen-bond acceptors (Lipinski definition) is 3. The van der Waals surface area contributed by atoms with Crippen LogP contribution in [-0.2, 0) is 0 Å². The van der Waals surface area contributed by atoms with Crippen molar-refractivity contribution in [3.8, 4) is 45.0 Å². The molecule has 5 rings (SSSR count). The van der Waals surface area contributed by atoms with Crippen LogP contribution in [0.3, 0.4) is 0 Å². The second-order valence-corrected chi connectivity index (χ2v) is 7.51. The zero-order valence-corrected chi connectivity index (χ0v) is 17.2. The van der Waals surface area contributed by atoms with Crippen molar-refractivity contribution >= 4 is 0 Å². The Morgan fingerprint density at radius 3 is 1.29 bits per heavy atom. The largest absolute Gasteiger partial charge is 0.256 e. The summed E-state index contributed by atoms with van der Waals surface area (Å²) in [6, 6.07) is 32.8. The van der Waals surface area contributed by atoms with Gasteiger partial charge in [0.25, 0.3) is 0 Å². The Morgan fingerprint density at radius 2 is 0.903 bits per heavy atom. The zero-order chi connectivity index (χ0) is 21.0. The van der Waals surface area contributed by atoms with Crippen molar-refractivity contribution in [3.05, 3.63) is 115 Å². The summed E-state index contributed by atoms with van der Waals surface area (Å²) in [5.74, 6) is 0. The minimum absolute atomic E-state index is 0.911. The van der Waals surface area contributed by atoms with Crippen LogP contribution in [0.25, 0.3) is 45.0 Å². The van der Waals surface area contributed by atoms with Crippen LogP contribution in [0.2, 0.25) is 0 Å². The van der Waals surface area contributed by atoms with Gasteiger partial charge in [0.1, 0.15) is 0 Å². The SMILES string of the molecule is Cc1cc(-c2ccc(-c3ccccc3)nc2)nc(-c2ccc(-c3ccccc3)nc2)c1. The van der Waals surface area contributed by atoms with Gasteiger partial charge in [0.05, 0.1) is 22.8 Å². The third kappa shape index (κ3) is 4.12. The fourth-order valence-corrected chi connectivity index (χ4v) is 3.61. The van der Waals surface area contributed by atoms with E-state index in [4.69, 9.17) is 4.98 Å². The Hall–Kier alpha value is -4.11. The van der Waals surface area contributed by atoms with Crippen LogP contribution in [0.4, 0.5) is 0 Å². The van der Waals surface area contributed by atoms with Crippen LogP contribution < -0.4 is 0 Å². The Labute approximate surface area is 182 Å². The molecule has 5 aromatic rings. The normalized spacial score (nSPS) is 10.7. The summed E-state index contributed by atoms with van der Waals surface area (Å²) in [7, 11) is 0. The molecule has 0 aliphatic rings. The van der Waals surface area contributed by atoms with Gasteiger partial charge in [0.15, 0.2) is 0 Å².